The summed E-state index contributed by atoms with van der Waals surface area (Å²) in [6.45, 7) is 0.508. The number of fused-ring (bicyclic) bond motifs is 1. The molecule has 0 spiro atoms. The third-order valence-electron chi connectivity index (χ3n) is 2.28. The minimum absolute atomic E-state index is 0.508. The van der Waals surface area contributed by atoms with Gasteiger partial charge in [-0.3, -0.25) is 0 Å². The predicted octanol–water partition coefficient (Wildman–Crippen LogP) is 2.40. The van der Waals surface area contributed by atoms with Gasteiger partial charge in [-0.15, -0.1) is 0 Å². The highest BCUT2D eigenvalue weighted by Crippen LogP contribution is 2.31. The van der Waals surface area contributed by atoms with E-state index in [0.29, 0.717) is 6.54 Å². The Kier molecular flexibility index (Phi) is 2.48. The lowest BCUT2D eigenvalue weighted by Gasteiger charge is -2.00. The van der Waals surface area contributed by atoms with Crippen molar-refractivity contribution >= 4 is 26.8 Å². The molecule has 1 aromatic heterocycles. The zero-order chi connectivity index (χ0) is 10.1. The first kappa shape index (κ1) is 9.55. The topological polar surface area (TPSA) is 51.0 Å². The van der Waals surface area contributed by atoms with Crippen LogP contribution in [0.4, 0.5) is 0 Å². The Bertz CT molecular complexity index is 464. The lowest BCUT2D eigenvalue weighted by molar-refractivity contribution is 0.419. The normalized spacial score (nSPS) is 10.8. The van der Waals surface area contributed by atoms with Gasteiger partial charge in [0.05, 0.1) is 17.2 Å². The number of rotatable bonds is 2. The molecule has 4 heteroatoms. The van der Waals surface area contributed by atoms with Crippen molar-refractivity contribution in [3.63, 3.8) is 0 Å². The number of aromatic nitrogens is 1. The summed E-state index contributed by atoms with van der Waals surface area (Å²) in [5, 5.41) is 1.11. The van der Waals surface area contributed by atoms with Crippen molar-refractivity contribution in [2.24, 2.45) is 5.73 Å². The molecule has 0 aliphatic heterocycles. The number of hydrogen-bond acceptors (Lipinski definition) is 2. The van der Waals surface area contributed by atoms with Gasteiger partial charge in [-0.05, 0) is 22.0 Å². The number of methoxy groups -OCH3 is 1. The van der Waals surface area contributed by atoms with Gasteiger partial charge in [-0.1, -0.05) is 12.1 Å². The van der Waals surface area contributed by atoms with E-state index in [4.69, 9.17) is 10.5 Å². The summed E-state index contributed by atoms with van der Waals surface area (Å²) in [7, 11) is 1.66. The molecule has 74 valence electrons. The van der Waals surface area contributed by atoms with E-state index in [1.165, 1.54) is 0 Å². The van der Waals surface area contributed by atoms with Crippen molar-refractivity contribution in [3.8, 4) is 5.75 Å². The second-order valence-corrected chi connectivity index (χ2v) is 3.80. The molecule has 0 bridgehead atoms. The van der Waals surface area contributed by atoms with E-state index in [9.17, 15) is 0 Å². The first-order valence-electron chi connectivity index (χ1n) is 4.31. The molecule has 14 heavy (non-hydrogen) atoms. The van der Waals surface area contributed by atoms with E-state index in [2.05, 4.69) is 20.9 Å². The highest BCUT2D eigenvalue weighted by molar-refractivity contribution is 9.10. The van der Waals surface area contributed by atoms with Gasteiger partial charge < -0.3 is 15.5 Å². The molecular formula is C10H11BrN2O. The largest absolute Gasteiger partial charge is 0.495 e. The fourth-order valence-corrected chi connectivity index (χ4v) is 2.16. The number of hydrogen-bond donors (Lipinski definition) is 2. The molecule has 3 nitrogen and oxygen atoms in total. The van der Waals surface area contributed by atoms with Crippen molar-refractivity contribution in [2.75, 3.05) is 7.11 Å². The van der Waals surface area contributed by atoms with Gasteiger partial charge in [0, 0.05) is 17.5 Å². The van der Waals surface area contributed by atoms with E-state index >= 15 is 0 Å². The van der Waals surface area contributed by atoms with Gasteiger partial charge in [-0.25, -0.2) is 0 Å². The summed E-state index contributed by atoms with van der Waals surface area (Å²) < 4.78 is 6.18. The monoisotopic (exact) mass is 254 g/mol. The quantitative estimate of drug-likeness (QED) is 0.865. The smallest absolute Gasteiger partial charge is 0.142 e. The maximum absolute atomic E-state index is 5.66. The van der Waals surface area contributed by atoms with E-state index in [-0.39, 0.29) is 0 Å². The standard InChI is InChI=1S/C10H11BrN2O/c1-14-8-4-2-3-6-7(5-12)10(11)13-9(6)8/h2-4,13H,5,12H2,1H3. The summed E-state index contributed by atoms with van der Waals surface area (Å²) >= 11 is 3.44. The average molecular weight is 255 g/mol. The number of para-hydroxylation sites is 1. The first-order chi connectivity index (χ1) is 6.77. The van der Waals surface area contributed by atoms with Crippen molar-refractivity contribution in [1.82, 2.24) is 4.98 Å². The Balaban J connectivity index is 2.79. The zero-order valence-corrected chi connectivity index (χ0v) is 9.39. The molecule has 2 aromatic rings. The van der Waals surface area contributed by atoms with Crippen LogP contribution >= 0.6 is 15.9 Å². The third kappa shape index (κ3) is 1.31. The van der Waals surface area contributed by atoms with Crippen LogP contribution in [0.3, 0.4) is 0 Å². The number of ether oxygens (including phenoxy) is 1. The SMILES string of the molecule is COc1cccc2c(CN)c(Br)[nH]c12. The van der Waals surface area contributed by atoms with Crippen LogP contribution in [0.15, 0.2) is 22.8 Å². The molecule has 0 unspecified atom stereocenters. The minimum atomic E-state index is 0.508. The molecule has 0 saturated heterocycles. The molecule has 3 N–H and O–H groups in total. The van der Waals surface area contributed by atoms with Crippen LogP contribution in [-0.2, 0) is 6.54 Å². The van der Waals surface area contributed by atoms with Crippen LogP contribution in [0.25, 0.3) is 10.9 Å². The minimum Gasteiger partial charge on any atom is -0.495 e. The van der Waals surface area contributed by atoms with Crippen LogP contribution < -0.4 is 10.5 Å². The van der Waals surface area contributed by atoms with Crippen LogP contribution in [0.1, 0.15) is 5.56 Å². The van der Waals surface area contributed by atoms with Gasteiger partial charge in [-0.2, -0.15) is 0 Å². The number of nitrogens with two attached hydrogens (primary N) is 1. The number of aromatic amines is 1. The predicted molar refractivity (Wildman–Crippen MR) is 60.4 cm³/mol. The zero-order valence-electron chi connectivity index (χ0n) is 7.80. The first-order valence-corrected chi connectivity index (χ1v) is 5.10. The Hall–Kier alpha value is -1.000. The molecule has 1 aromatic carbocycles. The van der Waals surface area contributed by atoms with E-state index in [0.717, 1.165) is 26.8 Å². The number of H-pyrrole nitrogens is 1. The second-order valence-electron chi connectivity index (χ2n) is 3.00. The molecule has 0 fully saturated rings. The summed E-state index contributed by atoms with van der Waals surface area (Å²) in [6.07, 6.45) is 0. The molecule has 0 saturated carbocycles. The fourth-order valence-electron chi connectivity index (χ4n) is 1.58. The highest BCUT2D eigenvalue weighted by atomic mass is 79.9. The molecule has 0 aliphatic rings. The van der Waals surface area contributed by atoms with E-state index < -0.39 is 0 Å². The van der Waals surface area contributed by atoms with Gasteiger partial charge in [0.15, 0.2) is 0 Å². The highest BCUT2D eigenvalue weighted by Gasteiger charge is 2.10. The van der Waals surface area contributed by atoms with Gasteiger partial charge in [0.2, 0.25) is 0 Å². The fraction of sp³-hybridized carbons (Fsp3) is 0.200. The van der Waals surface area contributed by atoms with Crippen LogP contribution in [0.5, 0.6) is 5.75 Å². The molecule has 2 rings (SSSR count). The summed E-state index contributed by atoms with van der Waals surface area (Å²) in [6, 6.07) is 5.91. The Morgan fingerprint density at radius 3 is 2.93 bits per heavy atom. The van der Waals surface area contributed by atoms with Crippen molar-refractivity contribution in [3.05, 3.63) is 28.4 Å². The maximum Gasteiger partial charge on any atom is 0.142 e. The summed E-state index contributed by atoms with van der Waals surface area (Å²) in [5.74, 6) is 0.836. The Morgan fingerprint density at radius 1 is 1.50 bits per heavy atom. The van der Waals surface area contributed by atoms with Crippen molar-refractivity contribution in [1.29, 1.82) is 0 Å². The van der Waals surface area contributed by atoms with Crippen molar-refractivity contribution < 1.29 is 4.74 Å². The molecular weight excluding hydrogens is 244 g/mol. The lowest BCUT2D eigenvalue weighted by Crippen LogP contribution is -1.95. The lowest BCUT2D eigenvalue weighted by atomic mass is 10.1. The number of halogens is 1. The molecule has 0 atom stereocenters. The molecule has 0 aliphatic carbocycles. The third-order valence-corrected chi connectivity index (χ3v) is 2.95. The number of benzene rings is 1. The second kappa shape index (κ2) is 3.63. The Labute approximate surface area is 90.4 Å². The van der Waals surface area contributed by atoms with E-state index in [1.54, 1.807) is 7.11 Å². The van der Waals surface area contributed by atoms with E-state index in [1.807, 2.05) is 18.2 Å². The van der Waals surface area contributed by atoms with Gasteiger partial charge in [0.25, 0.3) is 0 Å². The maximum atomic E-state index is 5.66. The molecule has 0 amide bonds. The van der Waals surface area contributed by atoms with Crippen LogP contribution in [-0.4, -0.2) is 12.1 Å². The van der Waals surface area contributed by atoms with Crippen LogP contribution in [0.2, 0.25) is 0 Å². The molecule has 1 heterocycles. The van der Waals surface area contributed by atoms with Crippen molar-refractivity contribution in [2.45, 2.75) is 6.54 Å². The van der Waals surface area contributed by atoms with Crippen LogP contribution in [0, 0.1) is 0 Å². The number of nitrogens with one attached hydrogen (secondary N) is 1. The summed E-state index contributed by atoms with van der Waals surface area (Å²) in [5.41, 5.74) is 7.73. The Morgan fingerprint density at radius 2 is 2.29 bits per heavy atom. The molecule has 0 radical (unpaired) electrons. The average Bonchev–Trinajstić information content (AvgIpc) is 2.52. The summed E-state index contributed by atoms with van der Waals surface area (Å²) in [4.78, 5) is 3.21. The van der Waals surface area contributed by atoms with Gasteiger partial charge in [0.1, 0.15) is 5.75 Å². The van der Waals surface area contributed by atoms with Gasteiger partial charge >= 0.3 is 0 Å².